The Morgan fingerprint density at radius 3 is 3.07 bits per heavy atom. The summed E-state index contributed by atoms with van der Waals surface area (Å²) in [4.78, 5) is 0. The van der Waals surface area contributed by atoms with Gasteiger partial charge in [0.15, 0.2) is 0 Å². The smallest absolute Gasteiger partial charge is 0.132 e. The van der Waals surface area contributed by atoms with Gasteiger partial charge < -0.3 is 15.2 Å². The number of hydrogen-bond donors (Lipinski definition) is 1. The van der Waals surface area contributed by atoms with Gasteiger partial charge in [0.05, 0.1) is 17.3 Å². The number of rotatable bonds is 1. The van der Waals surface area contributed by atoms with E-state index in [1.807, 2.05) is 12.1 Å². The van der Waals surface area contributed by atoms with Gasteiger partial charge in [0.25, 0.3) is 0 Å². The average Bonchev–Trinajstić information content (AvgIpc) is 2.18. The van der Waals surface area contributed by atoms with E-state index in [0.717, 1.165) is 27.1 Å². The van der Waals surface area contributed by atoms with E-state index in [2.05, 4.69) is 22.6 Å². The Balaban J connectivity index is 2.54. The Hall–Kier alpha value is -0.490. The Labute approximate surface area is 96.7 Å². The first-order valence-electron chi connectivity index (χ1n) is 4.49. The molecule has 0 saturated carbocycles. The molecule has 0 bridgehead atoms. The van der Waals surface area contributed by atoms with Crippen LogP contribution in [-0.2, 0) is 0 Å². The summed E-state index contributed by atoms with van der Waals surface area (Å²) in [5.41, 5.74) is 7.11. The first-order valence-corrected chi connectivity index (χ1v) is 5.56. The summed E-state index contributed by atoms with van der Waals surface area (Å²) in [7, 11) is 1.67. The minimum Gasteiger partial charge on any atom is -0.496 e. The van der Waals surface area contributed by atoms with Gasteiger partial charge in [0, 0.05) is 18.0 Å². The van der Waals surface area contributed by atoms with Crippen LogP contribution in [-0.4, -0.2) is 13.7 Å². The van der Waals surface area contributed by atoms with Crippen LogP contribution in [0.3, 0.4) is 0 Å². The maximum Gasteiger partial charge on any atom is 0.132 e. The van der Waals surface area contributed by atoms with Crippen LogP contribution in [0.1, 0.15) is 18.0 Å². The number of ether oxygens (including phenoxy) is 2. The third kappa shape index (κ3) is 1.56. The summed E-state index contributed by atoms with van der Waals surface area (Å²) in [6.07, 6.45) is 0.871. The summed E-state index contributed by atoms with van der Waals surface area (Å²) >= 11 is 2.25. The summed E-state index contributed by atoms with van der Waals surface area (Å²) in [6, 6.07) is 3.91. The number of benzene rings is 1. The highest BCUT2D eigenvalue weighted by Crippen LogP contribution is 2.38. The van der Waals surface area contributed by atoms with Crippen LogP contribution in [0.15, 0.2) is 12.1 Å². The van der Waals surface area contributed by atoms with E-state index in [0.29, 0.717) is 6.61 Å². The van der Waals surface area contributed by atoms with Gasteiger partial charge in [-0.1, -0.05) is 0 Å². The van der Waals surface area contributed by atoms with E-state index in [-0.39, 0.29) is 6.04 Å². The molecular formula is C10H12INO2. The zero-order chi connectivity index (χ0) is 10.1. The SMILES string of the molecule is COc1ccc2c(c1I)C(N)CCO2. The largest absolute Gasteiger partial charge is 0.496 e. The topological polar surface area (TPSA) is 44.5 Å². The second-order valence-electron chi connectivity index (χ2n) is 3.24. The molecule has 2 rings (SSSR count). The lowest BCUT2D eigenvalue weighted by Crippen LogP contribution is -2.21. The van der Waals surface area contributed by atoms with Gasteiger partial charge in [0.2, 0.25) is 0 Å². The molecule has 14 heavy (non-hydrogen) atoms. The van der Waals surface area contributed by atoms with Crippen molar-refractivity contribution in [2.75, 3.05) is 13.7 Å². The van der Waals surface area contributed by atoms with Crippen molar-refractivity contribution < 1.29 is 9.47 Å². The molecule has 0 spiro atoms. The van der Waals surface area contributed by atoms with Gasteiger partial charge >= 0.3 is 0 Å². The number of methoxy groups -OCH3 is 1. The first kappa shape index (κ1) is 10.0. The van der Waals surface area contributed by atoms with Gasteiger partial charge in [-0.3, -0.25) is 0 Å². The Kier molecular flexibility index (Phi) is 2.83. The summed E-state index contributed by atoms with van der Waals surface area (Å²) < 4.78 is 11.8. The van der Waals surface area contributed by atoms with Crippen molar-refractivity contribution in [2.24, 2.45) is 5.73 Å². The quantitative estimate of drug-likeness (QED) is 0.808. The number of fused-ring (bicyclic) bond motifs is 1. The molecule has 0 aliphatic carbocycles. The maximum absolute atomic E-state index is 6.03. The van der Waals surface area contributed by atoms with Crippen molar-refractivity contribution in [1.82, 2.24) is 0 Å². The fourth-order valence-electron chi connectivity index (χ4n) is 1.62. The first-order chi connectivity index (χ1) is 6.74. The molecule has 4 heteroatoms. The molecule has 0 saturated heterocycles. The number of hydrogen-bond acceptors (Lipinski definition) is 3. The minimum atomic E-state index is 0.0701. The highest BCUT2D eigenvalue weighted by Gasteiger charge is 2.22. The number of nitrogens with two attached hydrogens (primary N) is 1. The molecule has 0 fully saturated rings. The normalized spacial score (nSPS) is 19.8. The Morgan fingerprint density at radius 1 is 1.57 bits per heavy atom. The van der Waals surface area contributed by atoms with E-state index in [9.17, 15) is 0 Å². The predicted molar refractivity (Wildman–Crippen MR) is 62.8 cm³/mol. The molecule has 1 heterocycles. The van der Waals surface area contributed by atoms with Crippen molar-refractivity contribution in [3.05, 3.63) is 21.3 Å². The predicted octanol–water partition coefficient (Wildman–Crippen LogP) is 2.08. The molecule has 0 radical (unpaired) electrons. The molecule has 1 aliphatic rings. The van der Waals surface area contributed by atoms with Crippen molar-refractivity contribution in [3.8, 4) is 11.5 Å². The van der Waals surface area contributed by atoms with E-state index in [1.54, 1.807) is 7.11 Å². The molecule has 76 valence electrons. The van der Waals surface area contributed by atoms with Gasteiger partial charge in [-0.25, -0.2) is 0 Å². The van der Waals surface area contributed by atoms with Crippen LogP contribution in [0.2, 0.25) is 0 Å². The Bertz CT molecular complexity index is 354. The molecule has 0 aromatic heterocycles. The lowest BCUT2D eigenvalue weighted by molar-refractivity contribution is 0.267. The van der Waals surface area contributed by atoms with Crippen LogP contribution in [0.4, 0.5) is 0 Å². The third-order valence-corrected chi connectivity index (χ3v) is 3.49. The Morgan fingerprint density at radius 2 is 2.36 bits per heavy atom. The van der Waals surface area contributed by atoms with E-state index >= 15 is 0 Å². The van der Waals surface area contributed by atoms with Gasteiger partial charge in [-0.05, 0) is 34.7 Å². The lowest BCUT2D eigenvalue weighted by atomic mass is 10.0. The highest BCUT2D eigenvalue weighted by molar-refractivity contribution is 14.1. The van der Waals surface area contributed by atoms with E-state index in [1.165, 1.54) is 0 Å². The summed E-state index contributed by atoms with van der Waals surface area (Å²) in [6.45, 7) is 0.705. The lowest BCUT2D eigenvalue weighted by Gasteiger charge is -2.24. The summed E-state index contributed by atoms with van der Waals surface area (Å²) in [5.74, 6) is 1.76. The second-order valence-corrected chi connectivity index (χ2v) is 4.32. The molecule has 3 nitrogen and oxygen atoms in total. The van der Waals surface area contributed by atoms with Crippen LogP contribution >= 0.6 is 22.6 Å². The van der Waals surface area contributed by atoms with Crippen LogP contribution in [0.25, 0.3) is 0 Å². The third-order valence-electron chi connectivity index (χ3n) is 2.38. The zero-order valence-electron chi connectivity index (χ0n) is 7.92. The molecule has 0 amide bonds. The minimum absolute atomic E-state index is 0.0701. The second kappa shape index (κ2) is 3.94. The van der Waals surface area contributed by atoms with Gasteiger partial charge in [0.1, 0.15) is 11.5 Å². The van der Waals surface area contributed by atoms with E-state index in [4.69, 9.17) is 15.2 Å². The molecule has 1 unspecified atom stereocenters. The molecule has 1 aliphatic heterocycles. The summed E-state index contributed by atoms with van der Waals surface area (Å²) in [5, 5.41) is 0. The fourth-order valence-corrected chi connectivity index (χ4v) is 2.69. The fraction of sp³-hybridized carbons (Fsp3) is 0.400. The van der Waals surface area contributed by atoms with Crippen LogP contribution in [0, 0.1) is 3.57 Å². The van der Waals surface area contributed by atoms with Crippen LogP contribution < -0.4 is 15.2 Å². The molecule has 2 N–H and O–H groups in total. The molecule has 1 atom stereocenters. The number of halogens is 1. The van der Waals surface area contributed by atoms with Crippen LogP contribution in [0.5, 0.6) is 11.5 Å². The standard InChI is InChI=1S/C10H12INO2/c1-13-8-3-2-7-9(10(8)11)6(12)4-5-14-7/h2-3,6H,4-5,12H2,1H3. The molecule has 1 aromatic carbocycles. The van der Waals surface area contributed by atoms with Crippen molar-refractivity contribution in [1.29, 1.82) is 0 Å². The average molecular weight is 305 g/mol. The van der Waals surface area contributed by atoms with Gasteiger partial charge in [-0.2, -0.15) is 0 Å². The van der Waals surface area contributed by atoms with Crippen molar-refractivity contribution in [3.63, 3.8) is 0 Å². The van der Waals surface area contributed by atoms with Gasteiger partial charge in [-0.15, -0.1) is 0 Å². The van der Waals surface area contributed by atoms with Crippen molar-refractivity contribution in [2.45, 2.75) is 12.5 Å². The zero-order valence-corrected chi connectivity index (χ0v) is 10.1. The highest BCUT2D eigenvalue weighted by atomic mass is 127. The maximum atomic E-state index is 6.03. The van der Waals surface area contributed by atoms with E-state index < -0.39 is 0 Å². The molecule has 1 aromatic rings. The monoisotopic (exact) mass is 305 g/mol. The molecular weight excluding hydrogens is 293 g/mol. The van der Waals surface area contributed by atoms with Crippen molar-refractivity contribution >= 4 is 22.6 Å².